The summed E-state index contributed by atoms with van der Waals surface area (Å²) >= 11 is 0. The van der Waals surface area contributed by atoms with Gasteiger partial charge in [0, 0.05) is 17.5 Å². The molecule has 0 spiro atoms. The molecular formula is C25H28O4. The standard InChI is InChI=1S/C25H28O4/c1-17(2)21(29-24(28)25(3,4)5)16-20(22(26)18-12-8-6-9-13-18)23(27)19-14-10-7-11-15-19/h6-15,20H,16H2,1-5H3. The fourth-order valence-corrected chi connectivity index (χ4v) is 2.71. The van der Waals surface area contributed by atoms with E-state index in [-0.39, 0.29) is 18.0 Å². The molecule has 0 aliphatic carbocycles. The monoisotopic (exact) mass is 392 g/mol. The Morgan fingerprint density at radius 2 is 1.21 bits per heavy atom. The van der Waals surface area contributed by atoms with Crippen molar-refractivity contribution in [3.63, 3.8) is 0 Å². The molecule has 152 valence electrons. The van der Waals surface area contributed by atoms with E-state index in [4.69, 9.17) is 4.74 Å². The molecule has 0 aliphatic rings. The van der Waals surface area contributed by atoms with Gasteiger partial charge in [0.1, 0.15) is 5.76 Å². The molecule has 0 aromatic heterocycles. The fourth-order valence-electron chi connectivity index (χ4n) is 2.71. The Kier molecular flexibility index (Phi) is 7.27. The zero-order valence-electron chi connectivity index (χ0n) is 17.7. The summed E-state index contributed by atoms with van der Waals surface area (Å²) in [6.45, 7) is 8.91. The molecule has 0 aliphatic heterocycles. The van der Waals surface area contributed by atoms with Crippen LogP contribution in [0.5, 0.6) is 0 Å². The Bertz CT molecular complexity index is 847. The number of rotatable bonds is 7. The molecule has 29 heavy (non-hydrogen) atoms. The van der Waals surface area contributed by atoms with Gasteiger partial charge < -0.3 is 4.74 Å². The summed E-state index contributed by atoms with van der Waals surface area (Å²) in [7, 11) is 0. The third-order valence-corrected chi connectivity index (χ3v) is 4.53. The molecule has 0 fully saturated rings. The molecule has 0 amide bonds. The van der Waals surface area contributed by atoms with Crippen LogP contribution >= 0.6 is 0 Å². The number of allylic oxidation sites excluding steroid dienone is 2. The normalized spacial score (nSPS) is 11.1. The largest absolute Gasteiger partial charge is 0.431 e. The van der Waals surface area contributed by atoms with E-state index in [0.717, 1.165) is 5.57 Å². The van der Waals surface area contributed by atoms with Gasteiger partial charge in [-0.1, -0.05) is 60.7 Å². The van der Waals surface area contributed by atoms with Gasteiger partial charge in [-0.3, -0.25) is 14.4 Å². The number of carbonyl (C=O) groups excluding carboxylic acids is 3. The third kappa shape index (κ3) is 5.98. The minimum atomic E-state index is -0.975. The molecule has 0 saturated heterocycles. The lowest BCUT2D eigenvalue weighted by molar-refractivity contribution is -0.148. The summed E-state index contributed by atoms with van der Waals surface area (Å²) in [5, 5.41) is 0. The highest BCUT2D eigenvalue weighted by Crippen LogP contribution is 2.27. The predicted octanol–water partition coefficient (Wildman–Crippen LogP) is 5.64. The number of esters is 1. The molecule has 0 N–H and O–H groups in total. The maximum absolute atomic E-state index is 13.2. The van der Waals surface area contributed by atoms with Gasteiger partial charge >= 0.3 is 5.97 Å². The van der Waals surface area contributed by atoms with Crippen LogP contribution in [0.4, 0.5) is 0 Å². The number of carbonyl (C=O) groups is 3. The molecular weight excluding hydrogens is 364 g/mol. The van der Waals surface area contributed by atoms with Crippen LogP contribution in [0, 0.1) is 11.3 Å². The van der Waals surface area contributed by atoms with Crippen molar-refractivity contribution in [1.82, 2.24) is 0 Å². The number of hydrogen-bond donors (Lipinski definition) is 0. The lowest BCUT2D eigenvalue weighted by Gasteiger charge is -2.22. The van der Waals surface area contributed by atoms with Crippen molar-refractivity contribution in [2.45, 2.75) is 41.0 Å². The second kappa shape index (κ2) is 9.46. The van der Waals surface area contributed by atoms with Crippen molar-refractivity contribution < 1.29 is 19.1 Å². The van der Waals surface area contributed by atoms with Crippen LogP contribution in [0.25, 0.3) is 0 Å². The Morgan fingerprint density at radius 3 is 1.55 bits per heavy atom. The van der Waals surface area contributed by atoms with E-state index in [9.17, 15) is 14.4 Å². The van der Waals surface area contributed by atoms with Crippen molar-refractivity contribution in [3.8, 4) is 0 Å². The lowest BCUT2D eigenvalue weighted by Crippen LogP contribution is -2.28. The van der Waals surface area contributed by atoms with Crippen molar-refractivity contribution in [1.29, 1.82) is 0 Å². The highest BCUT2D eigenvalue weighted by atomic mass is 16.5. The van der Waals surface area contributed by atoms with E-state index in [1.54, 1.807) is 69.3 Å². The first-order valence-electron chi connectivity index (χ1n) is 9.68. The van der Waals surface area contributed by atoms with Gasteiger partial charge in [0.15, 0.2) is 11.6 Å². The summed E-state index contributed by atoms with van der Waals surface area (Å²) in [6.07, 6.45) is 0.0333. The van der Waals surface area contributed by atoms with E-state index in [1.165, 1.54) is 0 Å². The Hall–Kier alpha value is -3.01. The molecule has 2 aromatic rings. The smallest absolute Gasteiger partial charge is 0.316 e. The van der Waals surface area contributed by atoms with Crippen LogP contribution in [0.15, 0.2) is 72.0 Å². The Labute approximate surface area is 172 Å². The van der Waals surface area contributed by atoms with Gasteiger partial charge in [-0.15, -0.1) is 0 Å². The van der Waals surface area contributed by atoms with E-state index < -0.39 is 17.3 Å². The maximum Gasteiger partial charge on any atom is 0.316 e. The number of Topliss-reactive ketones (excluding diaryl/α,β-unsaturated/α-hetero) is 2. The van der Waals surface area contributed by atoms with E-state index >= 15 is 0 Å². The summed E-state index contributed by atoms with van der Waals surface area (Å²) in [5.41, 5.74) is 0.978. The second-order valence-corrected chi connectivity index (χ2v) is 8.28. The topological polar surface area (TPSA) is 60.4 Å². The van der Waals surface area contributed by atoms with Crippen LogP contribution in [0.2, 0.25) is 0 Å². The van der Waals surface area contributed by atoms with Gasteiger partial charge in [0.25, 0.3) is 0 Å². The Morgan fingerprint density at radius 1 is 0.793 bits per heavy atom. The highest BCUT2D eigenvalue weighted by molar-refractivity contribution is 6.16. The number of ether oxygens (including phenoxy) is 1. The first kappa shape index (κ1) is 22.3. The molecule has 0 unspecified atom stereocenters. The van der Waals surface area contributed by atoms with E-state index in [0.29, 0.717) is 16.9 Å². The maximum atomic E-state index is 13.2. The molecule has 4 heteroatoms. The highest BCUT2D eigenvalue weighted by Gasteiger charge is 2.32. The van der Waals surface area contributed by atoms with E-state index in [1.807, 2.05) is 26.0 Å². The number of hydrogen-bond acceptors (Lipinski definition) is 4. The Balaban J connectivity index is 2.41. The summed E-state index contributed by atoms with van der Waals surface area (Å²) in [5.74, 6) is -1.58. The minimum absolute atomic E-state index is 0.0333. The van der Waals surface area contributed by atoms with Crippen LogP contribution in [0.1, 0.15) is 61.8 Å². The second-order valence-electron chi connectivity index (χ2n) is 8.28. The summed E-state index contributed by atoms with van der Waals surface area (Å²) < 4.78 is 5.62. The van der Waals surface area contributed by atoms with Crippen LogP contribution < -0.4 is 0 Å². The van der Waals surface area contributed by atoms with Gasteiger partial charge in [-0.2, -0.15) is 0 Å². The average molecular weight is 392 g/mol. The van der Waals surface area contributed by atoms with Crippen LogP contribution in [0.3, 0.4) is 0 Å². The zero-order chi connectivity index (χ0) is 21.6. The zero-order valence-corrected chi connectivity index (χ0v) is 17.7. The summed E-state index contributed by atoms with van der Waals surface area (Å²) in [6, 6.07) is 17.5. The predicted molar refractivity (Wildman–Crippen MR) is 114 cm³/mol. The van der Waals surface area contributed by atoms with Gasteiger partial charge in [-0.05, 0) is 40.2 Å². The third-order valence-electron chi connectivity index (χ3n) is 4.53. The van der Waals surface area contributed by atoms with Crippen molar-refractivity contribution >= 4 is 17.5 Å². The van der Waals surface area contributed by atoms with Gasteiger partial charge in [0.2, 0.25) is 0 Å². The molecule has 0 heterocycles. The molecule has 0 bridgehead atoms. The van der Waals surface area contributed by atoms with E-state index in [2.05, 4.69) is 0 Å². The molecule has 2 rings (SSSR count). The van der Waals surface area contributed by atoms with Gasteiger partial charge in [-0.25, -0.2) is 0 Å². The molecule has 0 saturated carbocycles. The van der Waals surface area contributed by atoms with Crippen LogP contribution in [-0.4, -0.2) is 17.5 Å². The molecule has 0 atom stereocenters. The average Bonchev–Trinajstić information content (AvgIpc) is 2.70. The minimum Gasteiger partial charge on any atom is -0.431 e. The summed E-state index contributed by atoms with van der Waals surface area (Å²) in [4.78, 5) is 38.8. The van der Waals surface area contributed by atoms with Crippen LogP contribution in [-0.2, 0) is 9.53 Å². The van der Waals surface area contributed by atoms with Gasteiger partial charge in [0.05, 0.1) is 11.3 Å². The SMILES string of the molecule is CC(C)=C(CC(C(=O)c1ccccc1)C(=O)c1ccccc1)OC(=O)C(C)(C)C. The quantitative estimate of drug-likeness (QED) is 0.265. The molecule has 4 nitrogen and oxygen atoms in total. The van der Waals surface area contributed by atoms with Crippen molar-refractivity contribution in [2.75, 3.05) is 0 Å². The van der Waals surface area contributed by atoms with Crippen molar-refractivity contribution in [2.24, 2.45) is 11.3 Å². The molecule has 0 radical (unpaired) electrons. The number of ketones is 2. The van der Waals surface area contributed by atoms with Crippen molar-refractivity contribution in [3.05, 3.63) is 83.1 Å². The molecule has 2 aromatic carbocycles. The first-order valence-corrected chi connectivity index (χ1v) is 9.68. The number of benzene rings is 2. The fraction of sp³-hybridized carbons (Fsp3) is 0.320. The lowest BCUT2D eigenvalue weighted by atomic mass is 9.86. The first-order chi connectivity index (χ1) is 13.6.